The minimum Gasteiger partial charge on any atom is -0.360 e. The second-order valence-electron chi connectivity index (χ2n) is 5.48. The van der Waals surface area contributed by atoms with Gasteiger partial charge in [0.15, 0.2) is 0 Å². The smallest absolute Gasteiger partial charge is 0.263 e. The summed E-state index contributed by atoms with van der Waals surface area (Å²) in [6.45, 7) is 7.48. The van der Waals surface area contributed by atoms with Crippen LogP contribution in [0.4, 0.5) is 5.69 Å². The van der Waals surface area contributed by atoms with Gasteiger partial charge in [0.1, 0.15) is 11.6 Å². The normalized spacial score (nSPS) is 11.7. The molecule has 0 aliphatic carbocycles. The van der Waals surface area contributed by atoms with Crippen molar-refractivity contribution >= 4 is 23.2 Å². The van der Waals surface area contributed by atoms with Gasteiger partial charge in [0.05, 0.1) is 0 Å². The van der Waals surface area contributed by atoms with E-state index in [0.29, 0.717) is 5.02 Å². The summed E-state index contributed by atoms with van der Waals surface area (Å²) < 4.78 is 0. The molecule has 0 aliphatic rings. The zero-order chi connectivity index (χ0) is 15.3. The maximum Gasteiger partial charge on any atom is 0.263 e. The van der Waals surface area contributed by atoms with Crippen molar-refractivity contribution in [1.29, 1.82) is 5.26 Å². The molecule has 4 nitrogen and oxygen atoms in total. The summed E-state index contributed by atoms with van der Waals surface area (Å²) in [5, 5.41) is 15.3. The number of halogens is 1. The molecule has 106 valence electrons. The number of nitrogens with zero attached hydrogens (tertiary/aromatic N) is 1. The minimum absolute atomic E-state index is 0.0132. The largest absolute Gasteiger partial charge is 0.360 e. The first-order valence-corrected chi connectivity index (χ1v) is 6.56. The number of nitriles is 1. The quantitative estimate of drug-likeness (QED) is 0.663. The van der Waals surface area contributed by atoms with Gasteiger partial charge in [-0.3, -0.25) is 4.79 Å². The molecule has 0 radical (unpaired) electrons. The zero-order valence-corrected chi connectivity index (χ0v) is 12.8. The molecule has 0 spiro atoms. The van der Waals surface area contributed by atoms with E-state index >= 15 is 0 Å². The van der Waals surface area contributed by atoms with Crippen LogP contribution in [0.3, 0.4) is 0 Å². The van der Waals surface area contributed by atoms with E-state index in [-0.39, 0.29) is 11.1 Å². The summed E-state index contributed by atoms with van der Waals surface area (Å²) in [5.74, 6) is -0.410. The van der Waals surface area contributed by atoms with Gasteiger partial charge in [-0.2, -0.15) is 5.26 Å². The Morgan fingerprint density at radius 3 is 2.60 bits per heavy atom. The summed E-state index contributed by atoms with van der Waals surface area (Å²) in [6.07, 6.45) is 1.39. The highest BCUT2D eigenvalue weighted by atomic mass is 35.5. The summed E-state index contributed by atoms with van der Waals surface area (Å²) in [7, 11) is 0. The summed E-state index contributed by atoms with van der Waals surface area (Å²) >= 11 is 5.91. The third-order valence-electron chi connectivity index (χ3n) is 2.43. The van der Waals surface area contributed by atoms with Gasteiger partial charge >= 0.3 is 0 Å². The van der Waals surface area contributed by atoms with Crippen LogP contribution >= 0.6 is 11.6 Å². The monoisotopic (exact) mass is 291 g/mol. The van der Waals surface area contributed by atoms with Crippen LogP contribution in [0.5, 0.6) is 0 Å². The van der Waals surface area contributed by atoms with Gasteiger partial charge in [-0.05, 0) is 45.4 Å². The molecule has 0 saturated carbocycles. The Kier molecular flexibility index (Phi) is 5.18. The number of carbonyl (C=O) groups is 1. The molecule has 20 heavy (non-hydrogen) atoms. The van der Waals surface area contributed by atoms with Crippen LogP contribution in [0.25, 0.3) is 0 Å². The molecule has 1 aromatic carbocycles. The molecular weight excluding hydrogens is 274 g/mol. The molecule has 0 aliphatic heterocycles. The first kappa shape index (κ1) is 16.1. The number of anilines is 1. The second-order valence-corrected chi connectivity index (χ2v) is 5.91. The average Bonchev–Trinajstić information content (AvgIpc) is 2.32. The highest BCUT2D eigenvalue weighted by Gasteiger charge is 2.17. The van der Waals surface area contributed by atoms with Crippen LogP contribution < -0.4 is 10.6 Å². The van der Waals surface area contributed by atoms with Gasteiger partial charge < -0.3 is 10.6 Å². The van der Waals surface area contributed by atoms with Crippen molar-refractivity contribution in [1.82, 2.24) is 5.32 Å². The minimum atomic E-state index is -0.410. The molecule has 0 aromatic heterocycles. The molecule has 0 unspecified atom stereocenters. The lowest BCUT2D eigenvalue weighted by Gasteiger charge is -2.20. The van der Waals surface area contributed by atoms with Crippen LogP contribution in [-0.4, -0.2) is 11.4 Å². The fourth-order valence-electron chi connectivity index (χ4n) is 1.46. The number of amides is 1. The lowest BCUT2D eigenvalue weighted by atomic mass is 10.1. The number of benzene rings is 1. The van der Waals surface area contributed by atoms with Crippen LogP contribution in [0, 0.1) is 18.3 Å². The van der Waals surface area contributed by atoms with Gasteiger partial charge in [-0.1, -0.05) is 17.7 Å². The highest BCUT2D eigenvalue weighted by Crippen LogP contribution is 2.20. The molecule has 0 bridgehead atoms. The zero-order valence-electron chi connectivity index (χ0n) is 12.0. The van der Waals surface area contributed by atoms with E-state index < -0.39 is 5.91 Å². The van der Waals surface area contributed by atoms with Gasteiger partial charge in [0, 0.05) is 22.4 Å². The van der Waals surface area contributed by atoms with Crippen LogP contribution in [0.2, 0.25) is 5.02 Å². The Hall–Kier alpha value is -1.99. The van der Waals surface area contributed by atoms with Crippen molar-refractivity contribution < 1.29 is 4.79 Å². The Labute approximate surface area is 124 Å². The molecule has 1 aromatic rings. The van der Waals surface area contributed by atoms with Gasteiger partial charge in [-0.15, -0.1) is 0 Å². The van der Waals surface area contributed by atoms with Crippen molar-refractivity contribution in [3.05, 3.63) is 40.6 Å². The van der Waals surface area contributed by atoms with Crippen LogP contribution in [0.15, 0.2) is 30.0 Å². The number of nitrogens with one attached hydrogen (secondary N) is 2. The van der Waals surface area contributed by atoms with E-state index in [4.69, 9.17) is 16.9 Å². The standard InChI is InChI=1S/C15H18ClN3O/c1-10-5-6-12(16)7-13(10)18-9-11(8-17)14(20)19-15(2,3)4/h5-7,9,18H,1-4H3,(H,19,20)/b11-9-. The van der Waals surface area contributed by atoms with Crippen molar-refractivity contribution in [2.24, 2.45) is 0 Å². The van der Waals surface area contributed by atoms with Crippen LogP contribution in [-0.2, 0) is 4.79 Å². The maximum atomic E-state index is 11.9. The fraction of sp³-hybridized carbons (Fsp3) is 0.333. The average molecular weight is 292 g/mol. The summed E-state index contributed by atoms with van der Waals surface area (Å²) in [4.78, 5) is 11.9. The first-order valence-electron chi connectivity index (χ1n) is 6.18. The predicted molar refractivity (Wildman–Crippen MR) is 81.4 cm³/mol. The van der Waals surface area contributed by atoms with Crippen molar-refractivity contribution in [2.45, 2.75) is 33.2 Å². The SMILES string of the molecule is Cc1ccc(Cl)cc1N/C=C(/C#N)C(=O)NC(C)(C)C. The van der Waals surface area contributed by atoms with E-state index in [1.807, 2.05) is 39.8 Å². The molecule has 0 saturated heterocycles. The molecule has 1 rings (SSSR count). The molecular formula is C15H18ClN3O. The predicted octanol–water partition coefficient (Wildman–Crippen LogP) is 3.38. The van der Waals surface area contributed by atoms with Crippen LogP contribution in [0.1, 0.15) is 26.3 Å². The number of hydrogen-bond acceptors (Lipinski definition) is 3. The van der Waals surface area contributed by atoms with E-state index in [9.17, 15) is 4.79 Å². The Balaban J connectivity index is 2.89. The summed E-state index contributed by atoms with van der Waals surface area (Å²) in [5.41, 5.74) is 1.35. The molecule has 1 amide bonds. The molecule has 5 heteroatoms. The van der Waals surface area contributed by atoms with E-state index in [2.05, 4.69) is 10.6 Å². The Morgan fingerprint density at radius 1 is 1.40 bits per heavy atom. The number of rotatable bonds is 3. The second kappa shape index (κ2) is 6.44. The van der Waals surface area contributed by atoms with Crippen molar-refractivity contribution in [3.8, 4) is 6.07 Å². The van der Waals surface area contributed by atoms with Gasteiger partial charge in [0.2, 0.25) is 0 Å². The van der Waals surface area contributed by atoms with E-state index in [1.165, 1.54) is 6.20 Å². The Morgan fingerprint density at radius 2 is 2.05 bits per heavy atom. The highest BCUT2D eigenvalue weighted by molar-refractivity contribution is 6.30. The molecule has 2 N–H and O–H groups in total. The molecule has 0 atom stereocenters. The van der Waals surface area contributed by atoms with Crippen molar-refractivity contribution in [2.75, 3.05) is 5.32 Å². The van der Waals surface area contributed by atoms with Crippen molar-refractivity contribution in [3.63, 3.8) is 0 Å². The first-order chi connectivity index (χ1) is 9.23. The third kappa shape index (κ3) is 4.94. The lowest BCUT2D eigenvalue weighted by Crippen LogP contribution is -2.41. The summed E-state index contributed by atoms with van der Waals surface area (Å²) in [6, 6.07) is 7.26. The van der Waals surface area contributed by atoms with E-state index in [0.717, 1.165) is 11.3 Å². The third-order valence-corrected chi connectivity index (χ3v) is 2.66. The Bertz CT molecular complexity index is 580. The number of carbonyl (C=O) groups excluding carboxylic acids is 1. The maximum absolute atomic E-state index is 11.9. The molecule has 0 heterocycles. The number of hydrogen-bond donors (Lipinski definition) is 2. The van der Waals surface area contributed by atoms with Gasteiger partial charge in [0.25, 0.3) is 5.91 Å². The molecule has 0 fully saturated rings. The lowest BCUT2D eigenvalue weighted by molar-refractivity contribution is -0.118. The topological polar surface area (TPSA) is 64.9 Å². The number of aryl methyl sites for hydroxylation is 1. The fourth-order valence-corrected chi connectivity index (χ4v) is 1.63. The van der Waals surface area contributed by atoms with E-state index in [1.54, 1.807) is 12.1 Å². The van der Waals surface area contributed by atoms with Gasteiger partial charge in [-0.25, -0.2) is 0 Å².